The Morgan fingerprint density at radius 3 is 1.74 bits per heavy atom. The predicted octanol–water partition coefficient (Wildman–Crippen LogP) is 15.0. The van der Waals surface area contributed by atoms with Crippen molar-refractivity contribution in [3.8, 4) is 44.8 Å². The number of hydrogen-bond donors (Lipinski definition) is 0. The molecular weight excluding hydrogens is 697 g/mol. The van der Waals surface area contributed by atoms with Gasteiger partial charge in [0.1, 0.15) is 16.7 Å². The molecule has 0 aliphatic rings. The Bertz CT molecular complexity index is 3210. The van der Waals surface area contributed by atoms with Crippen LogP contribution in [0.5, 0.6) is 0 Å². The third-order valence-electron chi connectivity index (χ3n) is 10.9. The Labute approximate surface area is 329 Å². The zero-order chi connectivity index (χ0) is 37.7. The van der Waals surface area contributed by atoms with Crippen LogP contribution in [0.25, 0.3) is 88.6 Å². The van der Waals surface area contributed by atoms with Crippen LogP contribution in [-0.2, 0) is 0 Å². The van der Waals surface area contributed by atoms with Gasteiger partial charge in [0.2, 0.25) is 5.89 Å². The van der Waals surface area contributed by atoms with Gasteiger partial charge in [0.15, 0.2) is 5.58 Å². The zero-order valence-electron chi connectivity index (χ0n) is 30.8. The van der Waals surface area contributed by atoms with Gasteiger partial charge in [-0.05, 0) is 99.3 Å². The Hall–Kier alpha value is -7.69. The first kappa shape index (κ1) is 32.7. The maximum Gasteiger partial charge on any atom is 0.227 e. The van der Waals surface area contributed by atoms with Crippen LogP contribution in [0.1, 0.15) is 0 Å². The Balaban J connectivity index is 0.966. The van der Waals surface area contributed by atoms with Crippen molar-refractivity contribution in [1.29, 1.82) is 0 Å². The summed E-state index contributed by atoms with van der Waals surface area (Å²) >= 11 is 0. The van der Waals surface area contributed by atoms with E-state index in [9.17, 15) is 0 Å². The lowest BCUT2D eigenvalue weighted by atomic mass is 9.97. The number of hydrogen-bond acceptors (Lipinski definition) is 4. The van der Waals surface area contributed by atoms with Crippen LogP contribution < -0.4 is 4.90 Å². The fraction of sp³-hybridized carbons (Fsp3) is 0. The van der Waals surface area contributed by atoms with E-state index in [1.807, 2.05) is 42.5 Å². The number of rotatable bonds is 7. The molecule has 0 bridgehead atoms. The number of benzene rings is 9. The van der Waals surface area contributed by atoms with Gasteiger partial charge < -0.3 is 13.7 Å². The average Bonchev–Trinajstić information content (AvgIpc) is 3.87. The summed E-state index contributed by atoms with van der Waals surface area (Å²) in [6.07, 6.45) is 0. The second-order valence-corrected chi connectivity index (χ2v) is 14.4. The van der Waals surface area contributed by atoms with Gasteiger partial charge in [0, 0.05) is 39.3 Å². The van der Waals surface area contributed by atoms with Crippen LogP contribution in [0.4, 0.5) is 17.1 Å². The van der Waals surface area contributed by atoms with Gasteiger partial charge in [-0.2, -0.15) is 0 Å². The van der Waals surface area contributed by atoms with Gasteiger partial charge in [-0.1, -0.05) is 140 Å². The van der Waals surface area contributed by atoms with E-state index in [4.69, 9.17) is 13.8 Å². The van der Waals surface area contributed by atoms with E-state index in [1.54, 1.807) is 0 Å². The number of furan rings is 1. The van der Waals surface area contributed by atoms with Crippen LogP contribution in [0.2, 0.25) is 0 Å². The van der Waals surface area contributed by atoms with Crippen molar-refractivity contribution in [1.82, 2.24) is 4.98 Å². The van der Waals surface area contributed by atoms with Crippen molar-refractivity contribution in [2.75, 3.05) is 4.90 Å². The smallest absolute Gasteiger partial charge is 0.227 e. The number of oxazole rings is 1. The molecule has 2 aromatic heterocycles. The molecule has 0 saturated carbocycles. The van der Waals surface area contributed by atoms with Crippen molar-refractivity contribution in [3.63, 3.8) is 0 Å². The molecule has 2 heterocycles. The van der Waals surface area contributed by atoms with Crippen molar-refractivity contribution in [2.45, 2.75) is 0 Å². The Morgan fingerprint density at radius 2 is 0.947 bits per heavy atom. The van der Waals surface area contributed by atoms with Crippen molar-refractivity contribution >= 4 is 60.9 Å². The van der Waals surface area contributed by atoms with E-state index < -0.39 is 0 Å². The molecule has 0 N–H and O–H groups in total. The molecule has 57 heavy (non-hydrogen) atoms. The minimum atomic E-state index is 0.605. The fourth-order valence-electron chi connectivity index (χ4n) is 8.11. The Kier molecular flexibility index (Phi) is 7.78. The largest absolute Gasteiger partial charge is 0.456 e. The van der Waals surface area contributed by atoms with E-state index in [2.05, 4.69) is 169 Å². The molecular formula is C53H34N2O2. The summed E-state index contributed by atoms with van der Waals surface area (Å²) in [4.78, 5) is 7.11. The standard InChI is InChI=1S/C53H34N2O2/c1-3-12-37(13-4-1)45-19-9-10-21-49(45)55(42-29-24-38(25-30-42)44-20-11-17-36-14-7-8-18-43(36)44)41-27-22-35(23-28-41)40-26-31-46-47-33-52-48(34-51(47)56-50(46)32-40)54-53(57-52)39-15-5-2-6-16-39/h1-34H. The summed E-state index contributed by atoms with van der Waals surface area (Å²) in [5.41, 5.74) is 14.3. The highest BCUT2D eigenvalue weighted by molar-refractivity contribution is 6.09. The maximum atomic E-state index is 6.45. The molecule has 0 aliphatic carbocycles. The molecule has 9 aromatic carbocycles. The SMILES string of the molecule is c1ccc(-c2nc3cc4oc5cc(-c6ccc(N(c7ccc(-c8cccc9ccccc89)cc7)c7ccccc7-c7ccccc7)cc6)ccc5c4cc3o2)cc1. The summed E-state index contributed by atoms with van der Waals surface area (Å²) < 4.78 is 12.6. The normalized spacial score (nSPS) is 11.5. The summed E-state index contributed by atoms with van der Waals surface area (Å²) in [6.45, 7) is 0. The topological polar surface area (TPSA) is 42.4 Å². The van der Waals surface area contributed by atoms with E-state index >= 15 is 0 Å². The lowest BCUT2D eigenvalue weighted by molar-refractivity contribution is 0.620. The first-order chi connectivity index (χ1) is 28.2. The maximum absolute atomic E-state index is 6.45. The van der Waals surface area contributed by atoms with E-state index in [1.165, 1.54) is 27.5 Å². The third-order valence-corrected chi connectivity index (χ3v) is 10.9. The quantitative estimate of drug-likeness (QED) is 0.164. The second kappa shape index (κ2) is 13.6. The average molecular weight is 731 g/mol. The van der Waals surface area contributed by atoms with E-state index in [-0.39, 0.29) is 0 Å². The molecule has 4 heteroatoms. The highest BCUT2D eigenvalue weighted by Crippen LogP contribution is 2.43. The lowest BCUT2D eigenvalue weighted by Gasteiger charge is -2.28. The first-order valence-corrected chi connectivity index (χ1v) is 19.2. The highest BCUT2D eigenvalue weighted by Gasteiger charge is 2.19. The molecule has 0 saturated heterocycles. The monoisotopic (exact) mass is 730 g/mol. The molecule has 0 atom stereocenters. The number of anilines is 3. The first-order valence-electron chi connectivity index (χ1n) is 19.2. The van der Waals surface area contributed by atoms with Crippen LogP contribution in [0, 0.1) is 0 Å². The van der Waals surface area contributed by atoms with Crippen molar-refractivity contribution in [3.05, 3.63) is 206 Å². The van der Waals surface area contributed by atoms with Crippen LogP contribution in [0.15, 0.2) is 215 Å². The molecule has 0 fully saturated rings. The van der Waals surface area contributed by atoms with Gasteiger partial charge in [-0.3, -0.25) is 0 Å². The summed E-state index contributed by atoms with van der Waals surface area (Å²) in [6, 6.07) is 72.5. The van der Waals surface area contributed by atoms with Crippen LogP contribution >= 0.6 is 0 Å². The molecule has 268 valence electrons. The number of nitrogens with zero attached hydrogens (tertiary/aromatic N) is 2. The molecule has 0 amide bonds. The third kappa shape index (κ3) is 5.83. The number of fused-ring (bicyclic) bond motifs is 5. The van der Waals surface area contributed by atoms with E-state index in [0.29, 0.717) is 5.89 Å². The minimum Gasteiger partial charge on any atom is -0.456 e. The van der Waals surface area contributed by atoms with Gasteiger partial charge in [0.25, 0.3) is 0 Å². The second-order valence-electron chi connectivity index (χ2n) is 14.4. The van der Waals surface area contributed by atoms with Crippen molar-refractivity contribution in [2.24, 2.45) is 0 Å². The molecule has 0 radical (unpaired) electrons. The molecule has 0 unspecified atom stereocenters. The van der Waals surface area contributed by atoms with Crippen LogP contribution in [0.3, 0.4) is 0 Å². The van der Waals surface area contributed by atoms with E-state index in [0.717, 1.165) is 72.4 Å². The van der Waals surface area contributed by atoms with Gasteiger partial charge in [-0.25, -0.2) is 4.98 Å². The molecule has 11 rings (SSSR count). The summed E-state index contributed by atoms with van der Waals surface area (Å²) in [5.74, 6) is 0.605. The van der Waals surface area contributed by atoms with Gasteiger partial charge >= 0.3 is 0 Å². The minimum absolute atomic E-state index is 0.605. The zero-order valence-corrected chi connectivity index (χ0v) is 30.8. The number of aromatic nitrogens is 1. The highest BCUT2D eigenvalue weighted by atomic mass is 16.4. The molecule has 0 aliphatic heterocycles. The molecule has 4 nitrogen and oxygen atoms in total. The Morgan fingerprint density at radius 1 is 0.351 bits per heavy atom. The molecule has 0 spiro atoms. The summed E-state index contributed by atoms with van der Waals surface area (Å²) in [5, 5.41) is 4.54. The fourth-order valence-corrected chi connectivity index (χ4v) is 8.11. The van der Waals surface area contributed by atoms with Crippen LogP contribution in [-0.4, -0.2) is 4.98 Å². The predicted molar refractivity (Wildman–Crippen MR) is 235 cm³/mol. The van der Waals surface area contributed by atoms with Gasteiger partial charge in [-0.15, -0.1) is 0 Å². The van der Waals surface area contributed by atoms with Gasteiger partial charge in [0.05, 0.1) is 5.69 Å². The lowest BCUT2D eigenvalue weighted by Crippen LogP contribution is -2.11. The number of para-hydroxylation sites is 1. The molecule has 11 aromatic rings. The summed E-state index contributed by atoms with van der Waals surface area (Å²) in [7, 11) is 0. The van der Waals surface area contributed by atoms with Crippen molar-refractivity contribution < 1.29 is 8.83 Å².